The minimum atomic E-state index is -0.612. The molecule has 0 spiro atoms. The molecule has 0 amide bonds. The molecule has 5 heteroatoms. The summed E-state index contributed by atoms with van der Waals surface area (Å²) in [5, 5.41) is 29.5. The van der Waals surface area contributed by atoms with Crippen LogP contribution in [0.25, 0.3) is 11.0 Å². The fraction of sp³-hybridized carbons (Fsp3) is 0.214. The van der Waals surface area contributed by atoms with Crippen LogP contribution >= 0.6 is 0 Å². The molecule has 0 aliphatic carbocycles. The minimum Gasteiger partial charge on any atom is -0.504 e. The van der Waals surface area contributed by atoms with Gasteiger partial charge in [0.1, 0.15) is 5.58 Å². The second kappa shape index (κ2) is 4.68. The van der Waals surface area contributed by atoms with Crippen molar-refractivity contribution in [3.8, 4) is 17.2 Å². The molecular weight excluding hydrogens is 248 g/mol. The lowest BCUT2D eigenvalue weighted by molar-refractivity contribution is 0.367. The molecular formula is C14H14O5. The highest BCUT2D eigenvalue weighted by Gasteiger charge is 2.19. The van der Waals surface area contributed by atoms with Crippen LogP contribution in [-0.2, 0) is 6.42 Å². The Bertz CT molecular complexity index is 721. The van der Waals surface area contributed by atoms with Gasteiger partial charge in [0.25, 0.3) is 0 Å². The largest absolute Gasteiger partial charge is 0.504 e. The molecule has 0 fully saturated rings. The summed E-state index contributed by atoms with van der Waals surface area (Å²) >= 11 is 0. The van der Waals surface area contributed by atoms with Gasteiger partial charge in [-0.1, -0.05) is 11.6 Å². The van der Waals surface area contributed by atoms with Crippen molar-refractivity contribution in [1.82, 2.24) is 0 Å². The van der Waals surface area contributed by atoms with Gasteiger partial charge in [0.15, 0.2) is 11.5 Å². The molecule has 5 nitrogen and oxygen atoms in total. The van der Waals surface area contributed by atoms with E-state index < -0.39 is 22.9 Å². The molecule has 2 aromatic rings. The normalized spacial score (nSPS) is 10.6. The molecule has 1 aromatic heterocycles. The highest BCUT2D eigenvalue weighted by atomic mass is 16.4. The van der Waals surface area contributed by atoms with Crippen LogP contribution < -0.4 is 5.63 Å². The predicted octanol–water partition coefficient (Wildman–Crippen LogP) is 2.42. The van der Waals surface area contributed by atoms with E-state index in [2.05, 4.69) is 0 Å². The molecule has 100 valence electrons. The van der Waals surface area contributed by atoms with E-state index in [0.717, 1.165) is 11.6 Å². The molecule has 0 aliphatic heterocycles. The molecule has 0 saturated heterocycles. The Morgan fingerprint density at radius 1 is 1.16 bits per heavy atom. The van der Waals surface area contributed by atoms with E-state index in [1.165, 1.54) is 6.07 Å². The number of hydrogen-bond donors (Lipinski definition) is 3. The van der Waals surface area contributed by atoms with Crippen molar-refractivity contribution >= 4 is 11.0 Å². The summed E-state index contributed by atoms with van der Waals surface area (Å²) in [4.78, 5) is 11.3. The van der Waals surface area contributed by atoms with Crippen LogP contribution in [0.2, 0.25) is 0 Å². The molecule has 19 heavy (non-hydrogen) atoms. The summed E-state index contributed by atoms with van der Waals surface area (Å²) in [6, 6.07) is 2.49. The summed E-state index contributed by atoms with van der Waals surface area (Å²) in [5.41, 5.74) is 0.774. The zero-order chi connectivity index (χ0) is 14.2. The van der Waals surface area contributed by atoms with Crippen LogP contribution in [-0.4, -0.2) is 15.3 Å². The predicted molar refractivity (Wildman–Crippen MR) is 70.6 cm³/mol. The molecule has 0 unspecified atom stereocenters. The van der Waals surface area contributed by atoms with Gasteiger partial charge in [0.2, 0.25) is 5.75 Å². The van der Waals surface area contributed by atoms with E-state index in [1.54, 1.807) is 0 Å². The molecule has 0 radical (unpaired) electrons. The highest BCUT2D eigenvalue weighted by Crippen LogP contribution is 2.44. The Morgan fingerprint density at radius 2 is 1.84 bits per heavy atom. The monoisotopic (exact) mass is 262 g/mol. The maximum absolute atomic E-state index is 11.3. The van der Waals surface area contributed by atoms with E-state index in [0.29, 0.717) is 0 Å². The summed E-state index contributed by atoms with van der Waals surface area (Å²) in [6.45, 7) is 3.77. The summed E-state index contributed by atoms with van der Waals surface area (Å²) in [5.74, 6) is -1.59. The van der Waals surface area contributed by atoms with Gasteiger partial charge in [-0.15, -0.1) is 0 Å². The van der Waals surface area contributed by atoms with Gasteiger partial charge in [-0.3, -0.25) is 0 Å². The molecule has 2 rings (SSSR count). The van der Waals surface area contributed by atoms with Crippen LogP contribution in [0.3, 0.4) is 0 Å². The number of phenols is 3. The highest BCUT2D eigenvalue weighted by molar-refractivity contribution is 5.91. The first-order chi connectivity index (χ1) is 8.91. The Morgan fingerprint density at radius 3 is 2.47 bits per heavy atom. The van der Waals surface area contributed by atoms with Crippen LogP contribution in [0, 0.1) is 0 Å². The third-order valence-electron chi connectivity index (χ3n) is 2.81. The van der Waals surface area contributed by atoms with Crippen LogP contribution in [0.5, 0.6) is 17.2 Å². The topological polar surface area (TPSA) is 90.9 Å². The fourth-order valence-electron chi connectivity index (χ4n) is 1.81. The molecule has 3 N–H and O–H groups in total. The second-order valence-electron chi connectivity index (χ2n) is 4.51. The van der Waals surface area contributed by atoms with Crippen molar-refractivity contribution in [1.29, 1.82) is 0 Å². The maximum atomic E-state index is 11.3. The average molecular weight is 262 g/mol. The van der Waals surface area contributed by atoms with E-state index in [9.17, 15) is 20.1 Å². The zero-order valence-corrected chi connectivity index (χ0v) is 10.6. The van der Waals surface area contributed by atoms with Crippen molar-refractivity contribution in [3.63, 3.8) is 0 Å². The first-order valence-corrected chi connectivity index (χ1v) is 5.74. The van der Waals surface area contributed by atoms with Crippen molar-refractivity contribution in [3.05, 3.63) is 39.8 Å². The van der Waals surface area contributed by atoms with E-state index in [4.69, 9.17) is 4.42 Å². The SMILES string of the molecule is CC(C)=CCc1c(O)c(O)c(O)c2ccc(=O)oc12. The van der Waals surface area contributed by atoms with Crippen molar-refractivity contribution in [2.75, 3.05) is 0 Å². The number of aromatic hydroxyl groups is 3. The zero-order valence-electron chi connectivity index (χ0n) is 10.6. The van der Waals surface area contributed by atoms with Crippen molar-refractivity contribution < 1.29 is 19.7 Å². The van der Waals surface area contributed by atoms with E-state index in [-0.39, 0.29) is 23.0 Å². The second-order valence-corrected chi connectivity index (χ2v) is 4.51. The molecule has 0 saturated carbocycles. The number of allylic oxidation sites excluding steroid dienone is 2. The third-order valence-corrected chi connectivity index (χ3v) is 2.81. The van der Waals surface area contributed by atoms with Gasteiger partial charge in [-0.05, 0) is 26.3 Å². The van der Waals surface area contributed by atoms with Gasteiger partial charge in [0.05, 0.1) is 5.39 Å². The first-order valence-electron chi connectivity index (χ1n) is 5.74. The minimum absolute atomic E-state index is 0.0813. The first kappa shape index (κ1) is 13.0. The number of rotatable bonds is 2. The van der Waals surface area contributed by atoms with E-state index >= 15 is 0 Å². The summed E-state index contributed by atoms with van der Waals surface area (Å²) in [6.07, 6.45) is 2.10. The number of hydrogen-bond acceptors (Lipinski definition) is 5. The standard InChI is InChI=1S/C14H14O5/c1-7(2)3-4-8-11(16)13(18)12(17)9-5-6-10(15)19-14(8)9/h3,5-6,16-18H,4H2,1-2H3. The maximum Gasteiger partial charge on any atom is 0.336 e. The molecule has 0 aliphatic rings. The molecule has 1 aromatic carbocycles. The van der Waals surface area contributed by atoms with Crippen LogP contribution in [0.1, 0.15) is 19.4 Å². The molecule has 1 heterocycles. The number of phenolic OH excluding ortho intramolecular Hbond substituents is 3. The average Bonchev–Trinajstić information content (AvgIpc) is 2.35. The van der Waals surface area contributed by atoms with Gasteiger partial charge < -0.3 is 19.7 Å². The molecule has 0 atom stereocenters. The van der Waals surface area contributed by atoms with Crippen LogP contribution in [0.4, 0.5) is 0 Å². The van der Waals surface area contributed by atoms with Gasteiger partial charge in [-0.25, -0.2) is 4.79 Å². The fourth-order valence-corrected chi connectivity index (χ4v) is 1.81. The number of fused-ring (bicyclic) bond motifs is 1. The van der Waals surface area contributed by atoms with E-state index in [1.807, 2.05) is 19.9 Å². The third kappa shape index (κ3) is 2.27. The summed E-state index contributed by atoms with van der Waals surface area (Å²) in [7, 11) is 0. The van der Waals surface area contributed by atoms with Crippen LogP contribution in [0.15, 0.2) is 33.0 Å². The number of benzene rings is 1. The Labute approximate surface area is 109 Å². The Hall–Kier alpha value is -2.43. The van der Waals surface area contributed by atoms with Gasteiger partial charge in [0, 0.05) is 11.6 Å². The summed E-state index contributed by atoms with van der Waals surface area (Å²) < 4.78 is 5.03. The lowest BCUT2D eigenvalue weighted by atomic mass is 10.0. The quantitative estimate of drug-likeness (QED) is 0.439. The lowest BCUT2D eigenvalue weighted by Gasteiger charge is -2.10. The van der Waals surface area contributed by atoms with Crippen molar-refractivity contribution in [2.24, 2.45) is 0 Å². The van der Waals surface area contributed by atoms with Gasteiger partial charge >= 0.3 is 5.63 Å². The smallest absolute Gasteiger partial charge is 0.336 e. The Kier molecular flexibility index (Phi) is 3.21. The van der Waals surface area contributed by atoms with Crippen molar-refractivity contribution in [2.45, 2.75) is 20.3 Å². The molecule has 0 bridgehead atoms. The van der Waals surface area contributed by atoms with Gasteiger partial charge in [-0.2, -0.15) is 0 Å². The lowest BCUT2D eigenvalue weighted by Crippen LogP contribution is -1.98. The Balaban J connectivity index is 2.83.